The molecule has 1 fully saturated rings. The molecule has 2 aliphatic heterocycles. The fourth-order valence-corrected chi connectivity index (χ4v) is 3.83. The Kier molecular flexibility index (Phi) is 3.69. The first-order valence-electron chi connectivity index (χ1n) is 8.43. The molecular formula is C19H22N2O2. The number of ketones is 1. The monoisotopic (exact) mass is 310 g/mol. The molecule has 0 amide bonds. The number of carbonyl (C=O) groups is 1. The molecule has 2 bridgehead atoms. The van der Waals surface area contributed by atoms with Crippen molar-refractivity contribution in [3.63, 3.8) is 0 Å². The number of ether oxygens (including phenoxy) is 1. The molecule has 1 N–H and O–H groups in total. The van der Waals surface area contributed by atoms with Crippen LogP contribution in [0, 0.1) is 5.92 Å². The second-order valence-electron chi connectivity index (χ2n) is 6.45. The summed E-state index contributed by atoms with van der Waals surface area (Å²) < 4.78 is 5.88. The molecule has 4 nitrogen and oxygen atoms in total. The van der Waals surface area contributed by atoms with Crippen LogP contribution in [0.15, 0.2) is 42.2 Å². The van der Waals surface area contributed by atoms with Gasteiger partial charge in [0.15, 0.2) is 5.78 Å². The van der Waals surface area contributed by atoms with Crippen LogP contribution < -0.4 is 0 Å². The standard InChI is InChI=1S/C19H22N2O2/c1-2-13-11-21(19-9-14(13)7-8-23-19)12-18(22)16-10-20-17-6-4-3-5-15(16)17/h3-6,10-11,14,19-20H,2,7-9,12H2,1H3/t14-,19+/m0/s1. The van der Waals surface area contributed by atoms with Crippen molar-refractivity contribution >= 4 is 16.7 Å². The summed E-state index contributed by atoms with van der Waals surface area (Å²) >= 11 is 0. The molecule has 0 radical (unpaired) electrons. The number of rotatable bonds is 4. The van der Waals surface area contributed by atoms with E-state index in [1.54, 1.807) is 0 Å². The highest BCUT2D eigenvalue weighted by Crippen LogP contribution is 2.35. The van der Waals surface area contributed by atoms with Gasteiger partial charge in [-0.1, -0.05) is 30.7 Å². The van der Waals surface area contributed by atoms with Crippen molar-refractivity contribution in [1.29, 1.82) is 0 Å². The minimum Gasteiger partial charge on any atom is -0.360 e. The summed E-state index contributed by atoms with van der Waals surface area (Å²) in [5, 5.41) is 0.997. The van der Waals surface area contributed by atoms with E-state index < -0.39 is 0 Å². The number of H-pyrrole nitrogens is 1. The minimum absolute atomic E-state index is 0.0539. The van der Waals surface area contributed by atoms with Crippen LogP contribution in [0.4, 0.5) is 0 Å². The number of Topliss-reactive ketones (excluding diaryl/α,β-unsaturated/α-hetero) is 1. The van der Waals surface area contributed by atoms with Gasteiger partial charge in [0.1, 0.15) is 6.23 Å². The van der Waals surface area contributed by atoms with Gasteiger partial charge in [-0.15, -0.1) is 0 Å². The molecule has 0 spiro atoms. The molecule has 120 valence electrons. The molecule has 1 aromatic heterocycles. The Morgan fingerprint density at radius 2 is 2.26 bits per heavy atom. The van der Waals surface area contributed by atoms with E-state index in [1.807, 2.05) is 30.5 Å². The van der Waals surface area contributed by atoms with Gasteiger partial charge in [0, 0.05) is 35.5 Å². The zero-order chi connectivity index (χ0) is 15.8. The fraction of sp³-hybridized carbons (Fsp3) is 0.421. The van der Waals surface area contributed by atoms with E-state index in [0.717, 1.165) is 42.3 Å². The molecular weight excluding hydrogens is 288 g/mol. The van der Waals surface area contributed by atoms with Crippen LogP contribution in [0.25, 0.3) is 10.9 Å². The minimum atomic E-state index is 0.0539. The first-order valence-corrected chi connectivity index (χ1v) is 8.43. The number of nitrogens with one attached hydrogen (secondary N) is 1. The highest BCUT2D eigenvalue weighted by Gasteiger charge is 2.33. The number of aromatic nitrogens is 1. The summed E-state index contributed by atoms with van der Waals surface area (Å²) in [4.78, 5) is 18.1. The Morgan fingerprint density at radius 3 is 3.13 bits per heavy atom. The maximum absolute atomic E-state index is 12.8. The maximum atomic E-state index is 12.8. The number of para-hydroxylation sites is 1. The second kappa shape index (κ2) is 5.85. The molecule has 0 saturated carbocycles. The number of fused-ring (bicyclic) bond motifs is 3. The number of carbonyl (C=O) groups excluding carboxylic acids is 1. The average molecular weight is 310 g/mol. The van der Waals surface area contributed by atoms with Crippen molar-refractivity contribution in [1.82, 2.24) is 9.88 Å². The molecule has 0 unspecified atom stereocenters. The average Bonchev–Trinajstić information content (AvgIpc) is 3.02. The van der Waals surface area contributed by atoms with Gasteiger partial charge in [0.25, 0.3) is 0 Å². The topological polar surface area (TPSA) is 45.3 Å². The summed E-state index contributed by atoms with van der Waals surface area (Å²) in [6, 6.07) is 7.94. The molecule has 2 atom stereocenters. The van der Waals surface area contributed by atoms with Gasteiger partial charge in [-0.25, -0.2) is 0 Å². The Morgan fingerprint density at radius 1 is 1.39 bits per heavy atom. The molecule has 4 heteroatoms. The van der Waals surface area contributed by atoms with E-state index in [2.05, 4.69) is 23.0 Å². The van der Waals surface area contributed by atoms with E-state index in [0.29, 0.717) is 12.5 Å². The third-order valence-electron chi connectivity index (χ3n) is 5.11. The van der Waals surface area contributed by atoms with Crippen LogP contribution in [0.3, 0.4) is 0 Å². The molecule has 0 aliphatic carbocycles. The summed E-state index contributed by atoms with van der Waals surface area (Å²) in [5.41, 5.74) is 3.23. The fourth-order valence-electron chi connectivity index (χ4n) is 3.83. The van der Waals surface area contributed by atoms with Crippen LogP contribution in [-0.2, 0) is 4.74 Å². The lowest BCUT2D eigenvalue weighted by molar-refractivity contribution is -0.0856. The Balaban J connectivity index is 1.59. The van der Waals surface area contributed by atoms with Gasteiger partial charge < -0.3 is 14.6 Å². The Bertz CT molecular complexity index is 762. The summed E-state index contributed by atoms with van der Waals surface area (Å²) in [7, 11) is 0. The van der Waals surface area contributed by atoms with Crippen molar-refractivity contribution in [2.45, 2.75) is 32.4 Å². The number of allylic oxidation sites excluding steroid dienone is 1. The largest absolute Gasteiger partial charge is 0.360 e. The van der Waals surface area contributed by atoms with E-state index >= 15 is 0 Å². The number of hydrogen-bond donors (Lipinski definition) is 1. The normalized spacial score (nSPS) is 23.9. The van der Waals surface area contributed by atoms with E-state index in [9.17, 15) is 4.79 Å². The van der Waals surface area contributed by atoms with Gasteiger partial charge in [-0.3, -0.25) is 4.79 Å². The van der Waals surface area contributed by atoms with Crippen molar-refractivity contribution < 1.29 is 9.53 Å². The zero-order valence-corrected chi connectivity index (χ0v) is 13.4. The molecule has 23 heavy (non-hydrogen) atoms. The third kappa shape index (κ3) is 2.57. The molecule has 1 aromatic carbocycles. The summed E-state index contributed by atoms with van der Waals surface area (Å²) in [6.45, 7) is 3.37. The van der Waals surface area contributed by atoms with Crippen LogP contribution >= 0.6 is 0 Å². The smallest absolute Gasteiger partial charge is 0.184 e. The predicted molar refractivity (Wildman–Crippen MR) is 90.2 cm³/mol. The Hall–Kier alpha value is -2.07. The highest BCUT2D eigenvalue weighted by molar-refractivity contribution is 6.08. The first kappa shape index (κ1) is 14.5. The van der Waals surface area contributed by atoms with E-state index in [-0.39, 0.29) is 12.0 Å². The second-order valence-corrected chi connectivity index (χ2v) is 6.45. The Labute approximate surface area is 136 Å². The highest BCUT2D eigenvalue weighted by atomic mass is 16.5. The van der Waals surface area contributed by atoms with Crippen LogP contribution in [0.5, 0.6) is 0 Å². The lowest BCUT2D eigenvalue weighted by Gasteiger charge is -2.42. The van der Waals surface area contributed by atoms with Gasteiger partial charge in [0.2, 0.25) is 0 Å². The number of aromatic amines is 1. The maximum Gasteiger partial charge on any atom is 0.184 e. The predicted octanol–water partition coefficient (Wildman–Crippen LogP) is 3.71. The van der Waals surface area contributed by atoms with Crippen LogP contribution in [0.2, 0.25) is 0 Å². The number of benzene rings is 1. The van der Waals surface area contributed by atoms with Crippen LogP contribution in [0.1, 0.15) is 36.5 Å². The quantitative estimate of drug-likeness (QED) is 0.876. The molecule has 2 aromatic rings. The van der Waals surface area contributed by atoms with Gasteiger partial charge in [-0.2, -0.15) is 0 Å². The van der Waals surface area contributed by atoms with Gasteiger partial charge in [0.05, 0.1) is 6.54 Å². The van der Waals surface area contributed by atoms with E-state index in [1.165, 1.54) is 5.57 Å². The molecule has 4 rings (SSSR count). The first-order chi connectivity index (χ1) is 11.3. The van der Waals surface area contributed by atoms with Crippen molar-refractivity contribution in [3.05, 3.63) is 47.8 Å². The SMILES string of the molecule is CCC1=CN(CC(=O)c2c[nH]c3ccccc23)[C@H]2C[C@@H]1CCO2. The number of nitrogens with zero attached hydrogens (tertiary/aromatic N) is 1. The lowest BCUT2D eigenvalue weighted by Crippen LogP contribution is -2.45. The van der Waals surface area contributed by atoms with Gasteiger partial charge >= 0.3 is 0 Å². The van der Waals surface area contributed by atoms with Crippen molar-refractivity contribution in [2.75, 3.05) is 13.2 Å². The third-order valence-corrected chi connectivity index (χ3v) is 5.11. The summed E-state index contributed by atoms with van der Waals surface area (Å²) in [5.74, 6) is 0.778. The van der Waals surface area contributed by atoms with Crippen molar-refractivity contribution in [3.8, 4) is 0 Å². The molecule has 2 aliphatic rings. The lowest BCUT2D eigenvalue weighted by atomic mass is 9.86. The summed E-state index contributed by atoms with van der Waals surface area (Å²) in [6.07, 6.45) is 7.23. The molecule has 3 heterocycles. The zero-order valence-electron chi connectivity index (χ0n) is 13.4. The van der Waals surface area contributed by atoms with Crippen molar-refractivity contribution in [2.24, 2.45) is 5.92 Å². The molecule has 1 saturated heterocycles. The number of hydrogen-bond acceptors (Lipinski definition) is 3. The van der Waals surface area contributed by atoms with Gasteiger partial charge in [-0.05, 0) is 31.2 Å². The van der Waals surface area contributed by atoms with E-state index in [4.69, 9.17) is 4.74 Å². The van der Waals surface area contributed by atoms with Crippen LogP contribution in [-0.4, -0.2) is 35.0 Å².